The highest BCUT2D eigenvalue weighted by Crippen LogP contribution is 2.35. The number of amides is 2. The molecule has 10 heteroatoms. The molecule has 0 saturated heterocycles. The van der Waals surface area contributed by atoms with Crippen molar-refractivity contribution in [3.05, 3.63) is 71.8 Å². The number of primary amides is 2. The molecule has 0 aromatic heterocycles. The third-order valence-electron chi connectivity index (χ3n) is 5.89. The van der Waals surface area contributed by atoms with E-state index in [1.807, 2.05) is 67.6 Å². The van der Waals surface area contributed by atoms with Gasteiger partial charge in [-0.3, -0.25) is 24.0 Å². The number of hydrogen-bond acceptors (Lipinski definition) is 5. The molecule has 2 aromatic rings. The average molecular weight is 501 g/mol. The molecule has 0 spiro atoms. The summed E-state index contributed by atoms with van der Waals surface area (Å²) in [5.41, 5.74) is 10.5. The Kier molecular flexibility index (Phi) is 11.8. The number of benzene rings is 2. The fourth-order valence-electron chi connectivity index (χ4n) is 3.93. The highest BCUT2D eigenvalue weighted by molar-refractivity contribution is 5.86. The molecule has 2 atom stereocenters. The van der Waals surface area contributed by atoms with Gasteiger partial charge in [-0.25, -0.2) is 0 Å². The largest absolute Gasteiger partial charge is 0.481 e. The van der Waals surface area contributed by atoms with Crippen molar-refractivity contribution in [1.82, 2.24) is 0 Å². The molecule has 7 N–H and O–H groups in total. The lowest BCUT2D eigenvalue weighted by Crippen LogP contribution is -2.36. The van der Waals surface area contributed by atoms with Gasteiger partial charge in [-0.2, -0.15) is 0 Å². The summed E-state index contributed by atoms with van der Waals surface area (Å²) in [4.78, 5) is 54.7. The summed E-state index contributed by atoms with van der Waals surface area (Å²) in [5.74, 6) is -6.89. The molecule has 2 aromatic carbocycles. The highest BCUT2D eigenvalue weighted by atomic mass is 16.4. The molecule has 0 aliphatic heterocycles. The van der Waals surface area contributed by atoms with Crippen LogP contribution in [-0.4, -0.2) is 45.0 Å². The standard InChI is InChI=1S/C16H16O2.C10H16N2O6/c1-2-16(15(17)18,13-9-5-3-6-10-13)14-11-7-4-8-12-14;11-7(13)3-5(9(15)16)1-2-6(10(17)18)4-8(12)14/h3-12H,2H2,1H3,(H,17,18);5-6H,1-4H2,(H2,11,13)(H2,12,14)(H,15,16)(H,17,18). The number of carboxylic acids is 3. The number of carboxylic acid groups (broad SMARTS) is 3. The van der Waals surface area contributed by atoms with Gasteiger partial charge in [0, 0.05) is 12.8 Å². The topological polar surface area (TPSA) is 198 Å². The maximum Gasteiger partial charge on any atom is 0.318 e. The SMILES string of the molecule is CCC(C(=O)O)(c1ccccc1)c1ccccc1.NC(=O)CC(CCC(CC(N)=O)C(=O)O)C(=O)O. The number of nitrogens with two attached hydrogens (primary N) is 2. The number of rotatable bonds is 13. The first-order valence-corrected chi connectivity index (χ1v) is 11.3. The summed E-state index contributed by atoms with van der Waals surface area (Å²) in [6, 6.07) is 18.8. The minimum atomic E-state index is -1.22. The zero-order valence-electron chi connectivity index (χ0n) is 20.0. The molecular weight excluding hydrogens is 468 g/mol. The molecule has 0 heterocycles. The maximum absolute atomic E-state index is 11.9. The van der Waals surface area contributed by atoms with E-state index in [0.29, 0.717) is 6.42 Å². The van der Waals surface area contributed by atoms with E-state index in [0.717, 1.165) is 11.1 Å². The van der Waals surface area contributed by atoms with Crippen molar-refractivity contribution in [2.45, 2.75) is 44.4 Å². The Bertz CT molecular complexity index is 967. The van der Waals surface area contributed by atoms with Crippen molar-refractivity contribution in [3.8, 4) is 0 Å². The Labute approximate surface area is 208 Å². The van der Waals surface area contributed by atoms with Gasteiger partial charge in [0.25, 0.3) is 0 Å². The van der Waals surface area contributed by atoms with Crippen molar-refractivity contribution in [3.63, 3.8) is 0 Å². The van der Waals surface area contributed by atoms with Crippen LogP contribution in [0.3, 0.4) is 0 Å². The second-order valence-corrected chi connectivity index (χ2v) is 8.28. The van der Waals surface area contributed by atoms with Crippen LogP contribution in [0.25, 0.3) is 0 Å². The minimum Gasteiger partial charge on any atom is -0.481 e. The first-order valence-electron chi connectivity index (χ1n) is 11.3. The van der Waals surface area contributed by atoms with Gasteiger partial charge in [0.2, 0.25) is 11.8 Å². The van der Waals surface area contributed by atoms with Gasteiger partial charge in [0.05, 0.1) is 11.8 Å². The third kappa shape index (κ3) is 8.53. The summed E-state index contributed by atoms with van der Waals surface area (Å²) in [6.45, 7) is 1.91. The Morgan fingerprint density at radius 2 is 1.03 bits per heavy atom. The third-order valence-corrected chi connectivity index (χ3v) is 5.89. The normalized spacial score (nSPS) is 12.4. The number of aliphatic carboxylic acids is 3. The van der Waals surface area contributed by atoms with Gasteiger partial charge in [0.1, 0.15) is 5.41 Å². The predicted octanol–water partition coefficient (Wildman–Crippen LogP) is 2.39. The Hall–Kier alpha value is -4.21. The van der Waals surface area contributed by atoms with Crippen molar-refractivity contribution in [2.75, 3.05) is 0 Å². The maximum atomic E-state index is 11.9. The summed E-state index contributed by atoms with van der Waals surface area (Å²) < 4.78 is 0. The Morgan fingerprint density at radius 3 is 1.25 bits per heavy atom. The fraction of sp³-hybridized carbons (Fsp3) is 0.346. The van der Waals surface area contributed by atoms with Crippen LogP contribution in [0.2, 0.25) is 0 Å². The van der Waals surface area contributed by atoms with E-state index in [1.165, 1.54) is 0 Å². The van der Waals surface area contributed by atoms with E-state index in [1.54, 1.807) is 0 Å². The molecule has 194 valence electrons. The molecule has 0 aliphatic carbocycles. The van der Waals surface area contributed by atoms with Gasteiger partial charge in [0.15, 0.2) is 0 Å². The summed E-state index contributed by atoms with van der Waals surface area (Å²) in [7, 11) is 0. The first kappa shape index (κ1) is 29.8. The number of carbonyl (C=O) groups excluding carboxylic acids is 2. The van der Waals surface area contributed by atoms with Crippen LogP contribution < -0.4 is 11.5 Å². The molecule has 0 aliphatic rings. The summed E-state index contributed by atoms with van der Waals surface area (Å²) in [5, 5.41) is 27.3. The lowest BCUT2D eigenvalue weighted by Gasteiger charge is -2.29. The van der Waals surface area contributed by atoms with Gasteiger partial charge in [-0.1, -0.05) is 67.6 Å². The van der Waals surface area contributed by atoms with Crippen LogP contribution in [0.15, 0.2) is 60.7 Å². The highest BCUT2D eigenvalue weighted by Gasteiger charge is 2.40. The van der Waals surface area contributed by atoms with E-state index >= 15 is 0 Å². The molecule has 10 nitrogen and oxygen atoms in total. The predicted molar refractivity (Wildman–Crippen MR) is 131 cm³/mol. The van der Waals surface area contributed by atoms with E-state index in [9.17, 15) is 29.1 Å². The van der Waals surface area contributed by atoms with Gasteiger partial charge < -0.3 is 26.8 Å². The summed E-state index contributed by atoms with van der Waals surface area (Å²) in [6.07, 6.45) is -0.308. The lowest BCUT2D eigenvalue weighted by atomic mass is 9.72. The zero-order valence-corrected chi connectivity index (χ0v) is 20.0. The molecule has 2 unspecified atom stereocenters. The van der Waals surface area contributed by atoms with E-state index < -0.39 is 47.0 Å². The lowest BCUT2D eigenvalue weighted by molar-refractivity contribution is -0.146. The summed E-state index contributed by atoms with van der Waals surface area (Å²) >= 11 is 0. The van der Waals surface area contributed by atoms with E-state index in [-0.39, 0.29) is 25.7 Å². The van der Waals surface area contributed by atoms with Crippen molar-refractivity contribution in [2.24, 2.45) is 23.3 Å². The number of carbonyl (C=O) groups is 5. The smallest absolute Gasteiger partial charge is 0.318 e. The van der Waals surface area contributed by atoms with Gasteiger partial charge >= 0.3 is 17.9 Å². The second-order valence-electron chi connectivity index (χ2n) is 8.28. The van der Waals surface area contributed by atoms with Crippen LogP contribution in [0.4, 0.5) is 0 Å². The molecule has 2 rings (SSSR count). The van der Waals surface area contributed by atoms with Gasteiger partial charge in [-0.15, -0.1) is 0 Å². The van der Waals surface area contributed by atoms with E-state index in [2.05, 4.69) is 0 Å². The average Bonchev–Trinajstić information content (AvgIpc) is 2.82. The molecule has 36 heavy (non-hydrogen) atoms. The van der Waals surface area contributed by atoms with Crippen LogP contribution in [0.5, 0.6) is 0 Å². The number of hydrogen-bond donors (Lipinski definition) is 5. The minimum absolute atomic E-state index is 0.0531. The fourth-order valence-corrected chi connectivity index (χ4v) is 3.93. The van der Waals surface area contributed by atoms with Crippen LogP contribution in [0.1, 0.15) is 50.2 Å². The zero-order chi connectivity index (χ0) is 27.3. The second kappa shape index (κ2) is 14.2. The quantitative estimate of drug-likeness (QED) is 0.276. The first-order chi connectivity index (χ1) is 16.9. The van der Waals surface area contributed by atoms with Crippen LogP contribution in [-0.2, 0) is 29.4 Å². The van der Waals surface area contributed by atoms with Gasteiger partial charge in [-0.05, 0) is 30.4 Å². The van der Waals surface area contributed by atoms with Crippen LogP contribution in [0, 0.1) is 11.8 Å². The molecule has 0 radical (unpaired) electrons. The van der Waals surface area contributed by atoms with Crippen molar-refractivity contribution >= 4 is 29.7 Å². The molecule has 0 saturated carbocycles. The Morgan fingerprint density at radius 1 is 0.694 bits per heavy atom. The molecular formula is C26H32N2O8. The molecule has 0 bridgehead atoms. The van der Waals surface area contributed by atoms with Crippen LogP contribution >= 0.6 is 0 Å². The Balaban J connectivity index is 0.000000360. The monoisotopic (exact) mass is 500 g/mol. The van der Waals surface area contributed by atoms with Crippen molar-refractivity contribution in [1.29, 1.82) is 0 Å². The van der Waals surface area contributed by atoms with E-state index in [4.69, 9.17) is 21.7 Å². The molecule has 2 amide bonds. The molecule has 0 fully saturated rings. The van der Waals surface area contributed by atoms with Crippen molar-refractivity contribution < 1.29 is 39.3 Å².